The number of amides is 1. The first-order valence-electron chi connectivity index (χ1n) is 5.99. The molecule has 0 saturated carbocycles. The molecule has 0 saturated heterocycles. The Kier molecular flexibility index (Phi) is 5.00. The number of nitrogens with zero attached hydrogens (tertiary/aromatic N) is 1. The molecule has 0 aromatic carbocycles. The number of anilines is 1. The van der Waals surface area contributed by atoms with Crippen LogP contribution in [0.25, 0.3) is 0 Å². The highest BCUT2D eigenvalue weighted by molar-refractivity contribution is 5.93. The summed E-state index contributed by atoms with van der Waals surface area (Å²) in [5, 5.41) is 14.0. The molecule has 6 nitrogen and oxygen atoms in total. The first kappa shape index (κ1) is 15.1. The molecule has 0 aliphatic heterocycles. The Hall–Kier alpha value is -1.95. The minimum absolute atomic E-state index is 0.115. The van der Waals surface area contributed by atoms with Crippen LogP contribution in [-0.2, 0) is 16.1 Å². The average molecular weight is 265 g/mol. The number of carboxylic acids is 1. The van der Waals surface area contributed by atoms with Gasteiger partial charge in [-0.25, -0.2) is 4.98 Å². The number of aromatic nitrogens is 1. The summed E-state index contributed by atoms with van der Waals surface area (Å²) in [5.41, 5.74) is 0.187. The number of hydrogen-bond acceptors (Lipinski definition) is 4. The molecule has 19 heavy (non-hydrogen) atoms. The fraction of sp³-hybridized carbons (Fsp3) is 0.462. The number of carbonyl (C=O) groups excluding carboxylic acids is 1. The number of hydrogen-bond donors (Lipinski definition) is 3. The third-order valence-electron chi connectivity index (χ3n) is 2.31. The van der Waals surface area contributed by atoms with E-state index in [1.807, 2.05) is 20.8 Å². The van der Waals surface area contributed by atoms with Gasteiger partial charge in [0.15, 0.2) is 0 Å². The summed E-state index contributed by atoms with van der Waals surface area (Å²) in [4.78, 5) is 26.4. The predicted octanol–water partition coefficient (Wildman–Crippen LogP) is 1.24. The smallest absolute Gasteiger partial charge is 0.317 e. The van der Waals surface area contributed by atoms with Crippen molar-refractivity contribution in [1.82, 2.24) is 10.3 Å². The van der Waals surface area contributed by atoms with Gasteiger partial charge in [0.25, 0.3) is 0 Å². The van der Waals surface area contributed by atoms with Crippen LogP contribution in [0.3, 0.4) is 0 Å². The minimum atomic E-state index is -0.919. The molecular weight excluding hydrogens is 246 g/mol. The maximum Gasteiger partial charge on any atom is 0.317 e. The summed E-state index contributed by atoms with van der Waals surface area (Å²) in [6, 6.07) is 5.23. The van der Waals surface area contributed by atoms with Crippen molar-refractivity contribution in [3.05, 3.63) is 23.9 Å². The standard InChI is InChI=1S/C13H19N3O3/c1-13(2,3)12(19)16-10-6-4-5-9(15-10)7-14-8-11(17)18/h4-6,14H,7-8H2,1-3H3,(H,17,18)(H,15,16,19). The molecule has 0 aliphatic rings. The van der Waals surface area contributed by atoms with Crippen molar-refractivity contribution in [3.8, 4) is 0 Å². The van der Waals surface area contributed by atoms with Gasteiger partial charge in [-0.15, -0.1) is 0 Å². The van der Waals surface area contributed by atoms with E-state index >= 15 is 0 Å². The predicted molar refractivity (Wildman–Crippen MR) is 71.7 cm³/mol. The number of pyridine rings is 1. The average Bonchev–Trinajstić information content (AvgIpc) is 2.27. The van der Waals surface area contributed by atoms with Crippen LogP contribution in [0.5, 0.6) is 0 Å². The molecule has 1 heterocycles. The molecule has 0 spiro atoms. The van der Waals surface area contributed by atoms with E-state index in [4.69, 9.17) is 5.11 Å². The Labute approximate surface area is 112 Å². The van der Waals surface area contributed by atoms with Crippen LogP contribution < -0.4 is 10.6 Å². The van der Waals surface area contributed by atoms with E-state index in [0.717, 1.165) is 0 Å². The number of aliphatic carboxylic acids is 1. The normalized spacial score (nSPS) is 11.1. The molecule has 6 heteroatoms. The van der Waals surface area contributed by atoms with E-state index in [0.29, 0.717) is 18.1 Å². The fourth-order valence-electron chi connectivity index (χ4n) is 1.25. The molecule has 3 N–H and O–H groups in total. The lowest BCUT2D eigenvalue weighted by Gasteiger charge is -2.17. The van der Waals surface area contributed by atoms with Gasteiger partial charge in [-0.1, -0.05) is 26.8 Å². The van der Waals surface area contributed by atoms with Gasteiger partial charge < -0.3 is 15.7 Å². The van der Waals surface area contributed by atoms with Crippen molar-refractivity contribution in [2.24, 2.45) is 5.41 Å². The number of carboxylic acid groups (broad SMARTS) is 1. The van der Waals surface area contributed by atoms with Crippen LogP contribution in [-0.4, -0.2) is 28.5 Å². The lowest BCUT2D eigenvalue weighted by atomic mass is 9.96. The third-order valence-corrected chi connectivity index (χ3v) is 2.31. The monoisotopic (exact) mass is 265 g/mol. The van der Waals surface area contributed by atoms with Crippen LogP contribution in [0, 0.1) is 5.41 Å². The Morgan fingerprint density at radius 1 is 1.32 bits per heavy atom. The highest BCUT2D eigenvalue weighted by Crippen LogP contribution is 2.16. The van der Waals surface area contributed by atoms with E-state index in [1.165, 1.54) is 0 Å². The summed E-state index contributed by atoms with van der Waals surface area (Å²) in [6.07, 6.45) is 0. The van der Waals surface area contributed by atoms with Gasteiger partial charge in [-0.2, -0.15) is 0 Å². The molecule has 1 aromatic rings. The van der Waals surface area contributed by atoms with E-state index in [9.17, 15) is 9.59 Å². The quantitative estimate of drug-likeness (QED) is 0.745. The van der Waals surface area contributed by atoms with E-state index in [2.05, 4.69) is 15.6 Å². The second-order valence-electron chi connectivity index (χ2n) is 5.22. The highest BCUT2D eigenvalue weighted by atomic mass is 16.4. The zero-order valence-corrected chi connectivity index (χ0v) is 11.4. The molecule has 0 radical (unpaired) electrons. The Morgan fingerprint density at radius 2 is 2.00 bits per heavy atom. The number of nitrogens with one attached hydrogen (secondary N) is 2. The first-order chi connectivity index (χ1) is 8.79. The largest absolute Gasteiger partial charge is 0.480 e. The van der Waals surface area contributed by atoms with E-state index < -0.39 is 11.4 Å². The lowest BCUT2D eigenvalue weighted by Crippen LogP contribution is -2.28. The van der Waals surface area contributed by atoms with Gasteiger partial charge >= 0.3 is 5.97 Å². The van der Waals surface area contributed by atoms with Gasteiger partial charge in [-0.05, 0) is 12.1 Å². The van der Waals surface area contributed by atoms with Gasteiger partial charge in [0, 0.05) is 12.0 Å². The first-order valence-corrected chi connectivity index (χ1v) is 5.99. The summed E-state index contributed by atoms with van der Waals surface area (Å²) in [7, 11) is 0. The SMILES string of the molecule is CC(C)(C)C(=O)Nc1cccc(CNCC(=O)O)n1. The summed E-state index contributed by atoms with van der Waals surface area (Å²) >= 11 is 0. The van der Waals surface area contributed by atoms with Crippen molar-refractivity contribution >= 4 is 17.7 Å². The molecule has 1 rings (SSSR count). The number of rotatable bonds is 5. The Bertz CT molecular complexity index is 466. The summed E-state index contributed by atoms with van der Waals surface area (Å²) in [6.45, 7) is 5.67. The van der Waals surface area contributed by atoms with Crippen LogP contribution in [0.1, 0.15) is 26.5 Å². The van der Waals surface area contributed by atoms with Crippen LogP contribution in [0.4, 0.5) is 5.82 Å². The zero-order valence-electron chi connectivity index (χ0n) is 11.4. The van der Waals surface area contributed by atoms with Crippen molar-refractivity contribution in [3.63, 3.8) is 0 Å². The fourth-order valence-corrected chi connectivity index (χ4v) is 1.25. The van der Waals surface area contributed by atoms with Gasteiger partial charge in [0.2, 0.25) is 5.91 Å². The van der Waals surface area contributed by atoms with Gasteiger partial charge in [0.1, 0.15) is 5.82 Å². The summed E-state index contributed by atoms with van der Waals surface area (Å²) < 4.78 is 0. The van der Waals surface area contributed by atoms with Crippen LogP contribution in [0.2, 0.25) is 0 Å². The second kappa shape index (κ2) is 6.29. The maximum atomic E-state index is 11.8. The highest BCUT2D eigenvalue weighted by Gasteiger charge is 2.21. The zero-order chi connectivity index (χ0) is 14.5. The van der Waals surface area contributed by atoms with Crippen molar-refractivity contribution in [2.75, 3.05) is 11.9 Å². The maximum absolute atomic E-state index is 11.8. The Morgan fingerprint density at radius 3 is 2.58 bits per heavy atom. The van der Waals surface area contributed by atoms with Crippen molar-refractivity contribution < 1.29 is 14.7 Å². The van der Waals surface area contributed by atoms with Gasteiger partial charge in [0.05, 0.1) is 12.2 Å². The molecule has 1 aromatic heterocycles. The van der Waals surface area contributed by atoms with Gasteiger partial charge in [-0.3, -0.25) is 9.59 Å². The number of carbonyl (C=O) groups is 2. The molecule has 0 unspecified atom stereocenters. The lowest BCUT2D eigenvalue weighted by molar-refractivity contribution is -0.136. The minimum Gasteiger partial charge on any atom is -0.480 e. The molecule has 0 fully saturated rings. The summed E-state index contributed by atoms with van der Waals surface area (Å²) in [5.74, 6) is -0.567. The van der Waals surface area contributed by atoms with E-state index in [-0.39, 0.29) is 12.5 Å². The molecule has 0 aliphatic carbocycles. The second-order valence-corrected chi connectivity index (χ2v) is 5.22. The van der Waals surface area contributed by atoms with Crippen molar-refractivity contribution in [1.29, 1.82) is 0 Å². The Balaban J connectivity index is 2.62. The molecular formula is C13H19N3O3. The molecule has 1 amide bonds. The molecule has 0 atom stereocenters. The third kappa shape index (κ3) is 5.48. The molecule has 0 bridgehead atoms. The van der Waals surface area contributed by atoms with E-state index in [1.54, 1.807) is 18.2 Å². The van der Waals surface area contributed by atoms with Crippen LogP contribution in [0.15, 0.2) is 18.2 Å². The van der Waals surface area contributed by atoms with Crippen LogP contribution >= 0.6 is 0 Å². The molecule has 104 valence electrons. The topological polar surface area (TPSA) is 91.3 Å². The van der Waals surface area contributed by atoms with Crippen molar-refractivity contribution in [2.45, 2.75) is 27.3 Å².